The van der Waals surface area contributed by atoms with Crippen molar-refractivity contribution in [3.8, 4) is 5.75 Å². The van der Waals surface area contributed by atoms with Crippen molar-refractivity contribution in [2.24, 2.45) is 0 Å². The van der Waals surface area contributed by atoms with Gasteiger partial charge in [0.05, 0.1) is 31.6 Å². The van der Waals surface area contributed by atoms with Gasteiger partial charge >= 0.3 is 0 Å². The highest BCUT2D eigenvalue weighted by molar-refractivity contribution is 5.32. The first-order valence-electron chi connectivity index (χ1n) is 7.02. The van der Waals surface area contributed by atoms with E-state index in [0.29, 0.717) is 25.3 Å². The minimum atomic E-state index is -0.655. The minimum Gasteiger partial charge on any atom is -0.494 e. The second kappa shape index (κ2) is 6.02. The monoisotopic (exact) mass is 309 g/mol. The summed E-state index contributed by atoms with van der Waals surface area (Å²) in [4.78, 5) is 1.94. The molecule has 0 fully saturated rings. The van der Waals surface area contributed by atoms with Gasteiger partial charge in [-0.3, -0.25) is 9.58 Å². The molecule has 2 heterocycles. The summed E-state index contributed by atoms with van der Waals surface area (Å²) < 4.78 is 34.8. The number of hydrogen-bond donors (Lipinski definition) is 1. The molecule has 3 rings (SSSR count). The minimum absolute atomic E-state index is 0.00898. The summed E-state index contributed by atoms with van der Waals surface area (Å²) in [7, 11) is 1.36. The largest absolute Gasteiger partial charge is 0.494 e. The Morgan fingerprint density at radius 3 is 2.86 bits per heavy atom. The lowest BCUT2D eigenvalue weighted by atomic mass is 10.1. The third-order valence-electron chi connectivity index (χ3n) is 3.84. The Bertz CT molecular complexity index is 688. The van der Waals surface area contributed by atoms with Gasteiger partial charge in [0, 0.05) is 25.2 Å². The maximum Gasteiger partial charge on any atom is 0.172 e. The lowest BCUT2D eigenvalue weighted by molar-refractivity contribution is 0.198. The van der Waals surface area contributed by atoms with Crippen LogP contribution in [0.1, 0.15) is 17.0 Å². The molecule has 0 radical (unpaired) electrons. The van der Waals surface area contributed by atoms with Crippen LogP contribution in [0.2, 0.25) is 0 Å². The number of benzene rings is 1. The molecule has 0 saturated carbocycles. The van der Waals surface area contributed by atoms with Crippen LogP contribution >= 0.6 is 0 Å². The SMILES string of the molecule is COc1ccc(F)c(CN2CCn3nc(CO)cc3C2)c1F. The van der Waals surface area contributed by atoms with Crippen molar-refractivity contribution in [2.75, 3.05) is 13.7 Å². The second-order valence-electron chi connectivity index (χ2n) is 5.26. The number of ether oxygens (including phenoxy) is 1. The third-order valence-corrected chi connectivity index (χ3v) is 3.84. The van der Waals surface area contributed by atoms with Crippen LogP contribution in [0.3, 0.4) is 0 Å². The van der Waals surface area contributed by atoms with Crippen LogP contribution in [0.4, 0.5) is 8.78 Å². The number of aromatic nitrogens is 2. The molecule has 22 heavy (non-hydrogen) atoms. The summed E-state index contributed by atoms with van der Waals surface area (Å²) in [6, 6.07) is 4.31. The van der Waals surface area contributed by atoms with Crippen LogP contribution in [0.5, 0.6) is 5.75 Å². The molecule has 5 nitrogen and oxygen atoms in total. The van der Waals surface area contributed by atoms with E-state index in [1.54, 1.807) is 0 Å². The van der Waals surface area contributed by atoms with Crippen molar-refractivity contribution in [3.05, 3.63) is 46.8 Å². The van der Waals surface area contributed by atoms with Gasteiger partial charge in [0.2, 0.25) is 0 Å². The van der Waals surface area contributed by atoms with E-state index in [2.05, 4.69) is 5.10 Å². The summed E-state index contributed by atoms with van der Waals surface area (Å²) in [5, 5.41) is 13.4. The molecule has 0 saturated heterocycles. The molecule has 118 valence electrons. The molecule has 0 aliphatic carbocycles. The van der Waals surface area contributed by atoms with Gasteiger partial charge < -0.3 is 9.84 Å². The first kappa shape index (κ1) is 14.9. The first-order chi connectivity index (χ1) is 10.6. The van der Waals surface area contributed by atoms with Crippen LogP contribution in [-0.2, 0) is 26.2 Å². The predicted molar refractivity (Wildman–Crippen MR) is 75.2 cm³/mol. The highest BCUT2D eigenvalue weighted by Gasteiger charge is 2.22. The van der Waals surface area contributed by atoms with Crippen LogP contribution in [0.25, 0.3) is 0 Å². The molecule has 0 unspecified atom stereocenters. The molecule has 0 atom stereocenters. The Hall–Kier alpha value is -1.99. The fraction of sp³-hybridized carbons (Fsp3) is 0.400. The van der Waals surface area contributed by atoms with Crippen molar-refractivity contribution < 1.29 is 18.6 Å². The molecule has 2 aromatic rings. The smallest absolute Gasteiger partial charge is 0.172 e. The molecule has 1 aliphatic rings. The van der Waals surface area contributed by atoms with E-state index in [4.69, 9.17) is 9.84 Å². The standard InChI is InChI=1S/C15H17F2N3O2/c1-22-14-3-2-13(16)12(15(14)17)8-19-4-5-20-11(7-19)6-10(9-21)18-20/h2-3,6,21H,4-5,7-9H2,1H3. The zero-order chi connectivity index (χ0) is 15.7. The van der Waals surface area contributed by atoms with Crippen LogP contribution in [0.15, 0.2) is 18.2 Å². The number of methoxy groups -OCH3 is 1. The van der Waals surface area contributed by atoms with Gasteiger partial charge in [-0.15, -0.1) is 0 Å². The number of aliphatic hydroxyl groups is 1. The molecule has 1 N–H and O–H groups in total. The average molecular weight is 309 g/mol. The summed E-state index contributed by atoms with van der Waals surface area (Å²) in [6.07, 6.45) is 0. The van der Waals surface area contributed by atoms with Gasteiger partial charge in [0.15, 0.2) is 11.6 Å². The number of halogens is 2. The summed E-state index contributed by atoms with van der Waals surface area (Å²) >= 11 is 0. The molecule has 1 aromatic carbocycles. The zero-order valence-electron chi connectivity index (χ0n) is 12.2. The quantitative estimate of drug-likeness (QED) is 0.933. The van der Waals surface area contributed by atoms with Crippen molar-refractivity contribution >= 4 is 0 Å². The Morgan fingerprint density at radius 2 is 2.14 bits per heavy atom. The summed E-state index contributed by atoms with van der Waals surface area (Å²) in [6.45, 7) is 1.84. The van der Waals surface area contributed by atoms with Gasteiger partial charge in [-0.1, -0.05) is 0 Å². The fourth-order valence-electron chi connectivity index (χ4n) is 2.69. The third kappa shape index (κ3) is 2.69. The van der Waals surface area contributed by atoms with E-state index in [-0.39, 0.29) is 24.5 Å². The van der Waals surface area contributed by atoms with Gasteiger partial charge in [-0.05, 0) is 18.2 Å². The Kier molecular flexibility index (Phi) is 4.08. The molecule has 0 spiro atoms. The van der Waals surface area contributed by atoms with Crippen molar-refractivity contribution in [3.63, 3.8) is 0 Å². The van der Waals surface area contributed by atoms with E-state index in [1.807, 2.05) is 15.6 Å². The molecule has 7 heteroatoms. The normalized spacial score (nSPS) is 14.9. The van der Waals surface area contributed by atoms with Crippen molar-refractivity contribution in [2.45, 2.75) is 26.2 Å². The van der Waals surface area contributed by atoms with E-state index < -0.39 is 11.6 Å². The maximum atomic E-state index is 14.2. The van der Waals surface area contributed by atoms with E-state index >= 15 is 0 Å². The van der Waals surface area contributed by atoms with Gasteiger partial charge in [0.1, 0.15) is 5.82 Å². The Morgan fingerprint density at radius 1 is 1.32 bits per heavy atom. The highest BCUT2D eigenvalue weighted by atomic mass is 19.1. The number of aliphatic hydroxyl groups excluding tert-OH is 1. The molecule has 1 aliphatic heterocycles. The number of nitrogens with zero attached hydrogens (tertiary/aromatic N) is 3. The number of hydrogen-bond acceptors (Lipinski definition) is 4. The van der Waals surface area contributed by atoms with E-state index in [9.17, 15) is 8.78 Å². The summed E-state index contributed by atoms with van der Waals surface area (Å²) in [5.41, 5.74) is 1.55. The first-order valence-corrected chi connectivity index (χ1v) is 7.02. The lowest BCUT2D eigenvalue weighted by Crippen LogP contribution is -2.34. The van der Waals surface area contributed by atoms with Crippen LogP contribution < -0.4 is 4.74 Å². The maximum absolute atomic E-state index is 14.2. The van der Waals surface area contributed by atoms with Crippen molar-refractivity contribution in [1.82, 2.24) is 14.7 Å². The zero-order valence-corrected chi connectivity index (χ0v) is 12.2. The van der Waals surface area contributed by atoms with Gasteiger partial charge in [-0.25, -0.2) is 8.78 Å². The lowest BCUT2D eigenvalue weighted by Gasteiger charge is -2.27. The Labute approximate surface area is 126 Å². The molecular weight excluding hydrogens is 292 g/mol. The molecule has 1 aromatic heterocycles. The van der Waals surface area contributed by atoms with Crippen molar-refractivity contribution in [1.29, 1.82) is 0 Å². The fourth-order valence-corrected chi connectivity index (χ4v) is 2.69. The van der Waals surface area contributed by atoms with E-state index in [1.165, 1.54) is 19.2 Å². The predicted octanol–water partition coefficient (Wildman–Crippen LogP) is 1.68. The van der Waals surface area contributed by atoms with Crippen LogP contribution in [0, 0.1) is 11.6 Å². The molecule has 0 bridgehead atoms. The van der Waals surface area contributed by atoms with Gasteiger partial charge in [-0.2, -0.15) is 5.10 Å². The Balaban J connectivity index is 1.80. The number of rotatable bonds is 4. The second-order valence-corrected chi connectivity index (χ2v) is 5.26. The van der Waals surface area contributed by atoms with Gasteiger partial charge in [0.25, 0.3) is 0 Å². The highest BCUT2D eigenvalue weighted by Crippen LogP contribution is 2.25. The molecular formula is C15H17F2N3O2. The van der Waals surface area contributed by atoms with Crippen LogP contribution in [-0.4, -0.2) is 33.4 Å². The number of fused-ring (bicyclic) bond motifs is 1. The van der Waals surface area contributed by atoms with E-state index in [0.717, 1.165) is 5.69 Å². The topological polar surface area (TPSA) is 50.5 Å². The molecule has 0 amide bonds. The average Bonchev–Trinajstić information content (AvgIpc) is 2.94. The summed E-state index contributed by atoms with van der Waals surface area (Å²) in [5.74, 6) is -1.19.